The molecule has 2 saturated heterocycles. The summed E-state index contributed by atoms with van der Waals surface area (Å²) in [5, 5.41) is 3.26. The highest BCUT2D eigenvalue weighted by molar-refractivity contribution is 5.81. The van der Waals surface area contributed by atoms with Gasteiger partial charge in [-0.15, -0.1) is 0 Å². The number of nitrogens with one attached hydrogen (secondary N) is 1. The number of nitrogens with zero attached hydrogens (tertiary/aromatic N) is 4. The van der Waals surface area contributed by atoms with E-state index in [4.69, 9.17) is 14.7 Å². The molecule has 3 aliphatic rings. The molecule has 0 saturated carbocycles. The van der Waals surface area contributed by atoms with Gasteiger partial charge in [0.15, 0.2) is 0 Å². The molecule has 0 bridgehead atoms. The second kappa shape index (κ2) is 7.48. The Bertz CT molecular complexity index is 666. The van der Waals surface area contributed by atoms with Gasteiger partial charge in [0.1, 0.15) is 17.7 Å². The molecule has 7 heteroatoms. The van der Waals surface area contributed by atoms with Gasteiger partial charge in [0, 0.05) is 51.3 Å². The summed E-state index contributed by atoms with van der Waals surface area (Å²) in [4.78, 5) is 26.6. The van der Waals surface area contributed by atoms with Crippen LogP contribution in [-0.4, -0.2) is 72.1 Å². The predicted molar refractivity (Wildman–Crippen MR) is 99.1 cm³/mol. The van der Waals surface area contributed by atoms with Crippen molar-refractivity contribution in [3.8, 4) is 0 Å². The first-order chi connectivity index (χ1) is 12.7. The van der Waals surface area contributed by atoms with Gasteiger partial charge in [-0.1, -0.05) is 0 Å². The number of rotatable bonds is 3. The number of piperidine rings is 1. The first-order valence-electron chi connectivity index (χ1n) is 9.82. The Hall–Kier alpha value is -1.73. The number of aromatic nitrogens is 2. The number of carbonyl (C=O) groups excluding carboxylic acids is 1. The van der Waals surface area contributed by atoms with E-state index in [1.807, 2.05) is 11.9 Å². The number of anilines is 1. The van der Waals surface area contributed by atoms with Crippen molar-refractivity contribution >= 4 is 11.7 Å². The zero-order chi connectivity index (χ0) is 18.1. The highest BCUT2D eigenvalue weighted by atomic mass is 16.5. The maximum atomic E-state index is 12.5. The molecule has 1 aromatic rings. The fraction of sp³-hybridized carbons (Fsp3) is 0.737. The molecule has 142 valence electrons. The van der Waals surface area contributed by atoms with Crippen molar-refractivity contribution in [2.24, 2.45) is 0 Å². The van der Waals surface area contributed by atoms with Crippen LogP contribution in [0.15, 0.2) is 0 Å². The Morgan fingerprint density at radius 3 is 2.69 bits per heavy atom. The van der Waals surface area contributed by atoms with Crippen LogP contribution in [0.3, 0.4) is 0 Å². The average molecular weight is 359 g/mol. The lowest BCUT2D eigenvalue weighted by atomic mass is 9.94. The third kappa shape index (κ3) is 3.42. The lowest BCUT2D eigenvalue weighted by molar-refractivity contribution is -0.142. The molecule has 3 aliphatic heterocycles. The van der Waals surface area contributed by atoms with Gasteiger partial charge in [-0.25, -0.2) is 9.97 Å². The molecule has 0 aromatic carbocycles. The second-order valence-electron chi connectivity index (χ2n) is 7.69. The van der Waals surface area contributed by atoms with E-state index in [1.165, 1.54) is 5.56 Å². The van der Waals surface area contributed by atoms with Gasteiger partial charge in [-0.3, -0.25) is 4.79 Å². The van der Waals surface area contributed by atoms with Crippen molar-refractivity contribution in [2.45, 2.75) is 50.7 Å². The Labute approximate surface area is 155 Å². The molecule has 1 N–H and O–H groups in total. The topological polar surface area (TPSA) is 70.6 Å². The molecule has 2 fully saturated rings. The van der Waals surface area contributed by atoms with Crippen LogP contribution in [0.2, 0.25) is 0 Å². The van der Waals surface area contributed by atoms with Gasteiger partial charge < -0.3 is 19.9 Å². The van der Waals surface area contributed by atoms with Gasteiger partial charge >= 0.3 is 0 Å². The second-order valence-corrected chi connectivity index (χ2v) is 7.69. The highest BCUT2D eigenvalue weighted by Gasteiger charge is 2.32. The molecule has 4 heterocycles. The molecule has 1 atom stereocenters. The lowest BCUT2D eigenvalue weighted by Crippen LogP contribution is -2.43. The number of likely N-dealkylation sites (tertiary alicyclic amines) is 1. The smallest absolute Gasteiger partial charge is 0.251 e. The van der Waals surface area contributed by atoms with E-state index in [1.54, 1.807) is 0 Å². The summed E-state index contributed by atoms with van der Waals surface area (Å²) < 4.78 is 5.55. The molecule has 0 spiro atoms. The van der Waals surface area contributed by atoms with Gasteiger partial charge in [-0.2, -0.15) is 0 Å². The third-order valence-corrected chi connectivity index (χ3v) is 5.89. The summed E-state index contributed by atoms with van der Waals surface area (Å²) in [6, 6.07) is 0. The molecule has 1 unspecified atom stereocenters. The molecule has 0 radical (unpaired) electrons. The van der Waals surface area contributed by atoms with Crippen LogP contribution in [0.1, 0.15) is 48.7 Å². The van der Waals surface area contributed by atoms with Crippen molar-refractivity contribution in [1.82, 2.24) is 19.8 Å². The van der Waals surface area contributed by atoms with Crippen LogP contribution >= 0.6 is 0 Å². The van der Waals surface area contributed by atoms with Gasteiger partial charge in [0.25, 0.3) is 5.91 Å². The number of ether oxygens (including phenoxy) is 1. The molecule has 1 amide bonds. The fourth-order valence-electron chi connectivity index (χ4n) is 4.30. The Balaban J connectivity index is 1.45. The number of carbonyl (C=O) groups is 1. The van der Waals surface area contributed by atoms with Crippen LogP contribution in [-0.2, 0) is 22.5 Å². The van der Waals surface area contributed by atoms with Gasteiger partial charge in [0.05, 0.1) is 5.69 Å². The molecule has 1 aromatic heterocycles. The van der Waals surface area contributed by atoms with Crippen LogP contribution in [0.5, 0.6) is 0 Å². The Morgan fingerprint density at radius 1 is 1.19 bits per heavy atom. The lowest BCUT2D eigenvalue weighted by Gasteiger charge is -2.33. The van der Waals surface area contributed by atoms with E-state index in [-0.39, 0.29) is 12.0 Å². The third-order valence-electron chi connectivity index (χ3n) is 5.89. The monoisotopic (exact) mass is 359 g/mol. The maximum absolute atomic E-state index is 12.5. The predicted octanol–water partition coefficient (Wildman–Crippen LogP) is 1.39. The van der Waals surface area contributed by atoms with E-state index in [2.05, 4.69) is 17.3 Å². The quantitative estimate of drug-likeness (QED) is 0.879. The fourth-order valence-corrected chi connectivity index (χ4v) is 4.30. The summed E-state index contributed by atoms with van der Waals surface area (Å²) in [5.74, 6) is 2.42. The molecular weight excluding hydrogens is 330 g/mol. The van der Waals surface area contributed by atoms with E-state index < -0.39 is 0 Å². The van der Waals surface area contributed by atoms with Crippen molar-refractivity contribution < 1.29 is 9.53 Å². The van der Waals surface area contributed by atoms with Crippen molar-refractivity contribution in [1.29, 1.82) is 0 Å². The van der Waals surface area contributed by atoms with Crippen LogP contribution in [0, 0.1) is 0 Å². The zero-order valence-electron chi connectivity index (χ0n) is 15.8. The average Bonchev–Trinajstić information content (AvgIpc) is 3.21. The van der Waals surface area contributed by atoms with E-state index in [0.717, 1.165) is 82.2 Å². The molecular formula is C19H29N5O2. The zero-order valence-corrected chi connectivity index (χ0v) is 15.8. The normalized spacial score (nSPS) is 24.5. The number of hydrogen-bond acceptors (Lipinski definition) is 6. The number of amides is 1. The first-order valence-corrected chi connectivity index (χ1v) is 9.82. The summed E-state index contributed by atoms with van der Waals surface area (Å²) >= 11 is 0. The highest BCUT2D eigenvalue weighted by Crippen LogP contribution is 2.30. The number of hydrogen-bond donors (Lipinski definition) is 1. The molecule has 0 aliphatic carbocycles. The molecule has 26 heavy (non-hydrogen) atoms. The Kier molecular flexibility index (Phi) is 5.09. The van der Waals surface area contributed by atoms with Crippen LogP contribution in [0.25, 0.3) is 0 Å². The van der Waals surface area contributed by atoms with Crippen molar-refractivity contribution in [3.63, 3.8) is 0 Å². The van der Waals surface area contributed by atoms with Crippen molar-refractivity contribution in [3.05, 3.63) is 17.1 Å². The molecule has 7 nitrogen and oxygen atoms in total. The number of fused-ring (bicyclic) bond motifs is 1. The minimum absolute atomic E-state index is 0.171. The van der Waals surface area contributed by atoms with Gasteiger partial charge in [-0.05, 0) is 39.2 Å². The Morgan fingerprint density at radius 2 is 2.00 bits per heavy atom. The summed E-state index contributed by atoms with van der Waals surface area (Å²) in [6.45, 7) is 4.21. The standard InChI is InChI=1S/C19H29N5O2/c1-20-18-14-7-8-23(2)12-15(14)21-17(22-18)13-5-9-24(10-6-13)19(25)16-4-3-11-26-16/h13,16H,3-12H2,1-2H3,(H,20,21,22). The number of likely N-dealkylation sites (N-methyl/N-ethyl adjacent to an activating group) is 1. The van der Waals surface area contributed by atoms with Crippen LogP contribution in [0.4, 0.5) is 5.82 Å². The van der Waals surface area contributed by atoms with E-state index >= 15 is 0 Å². The van der Waals surface area contributed by atoms with E-state index in [9.17, 15) is 4.79 Å². The first kappa shape index (κ1) is 17.7. The van der Waals surface area contributed by atoms with Gasteiger partial charge in [0.2, 0.25) is 0 Å². The minimum Gasteiger partial charge on any atom is -0.373 e. The summed E-state index contributed by atoms with van der Waals surface area (Å²) in [6.07, 6.45) is 4.50. The summed E-state index contributed by atoms with van der Waals surface area (Å²) in [5.41, 5.74) is 2.42. The summed E-state index contributed by atoms with van der Waals surface area (Å²) in [7, 11) is 4.08. The maximum Gasteiger partial charge on any atom is 0.251 e. The SMILES string of the molecule is CNc1nc(C2CCN(C(=O)C3CCCO3)CC2)nc2c1CCN(C)C2. The van der Waals surface area contributed by atoms with E-state index in [0.29, 0.717) is 5.92 Å². The molecule has 4 rings (SSSR count). The minimum atomic E-state index is -0.210. The van der Waals surface area contributed by atoms with Crippen molar-refractivity contribution in [2.75, 3.05) is 45.7 Å². The van der Waals surface area contributed by atoms with Crippen LogP contribution < -0.4 is 5.32 Å². The largest absolute Gasteiger partial charge is 0.373 e.